The second-order valence-corrected chi connectivity index (χ2v) is 6.11. The van der Waals surface area contributed by atoms with Crippen LogP contribution in [-0.4, -0.2) is 28.4 Å². The lowest BCUT2D eigenvalue weighted by Crippen LogP contribution is -1.94. The smallest absolute Gasteiger partial charge is 0.221 e. The van der Waals surface area contributed by atoms with Crippen LogP contribution in [0, 0.1) is 11.3 Å². The molecule has 132 valence electrons. The van der Waals surface area contributed by atoms with Gasteiger partial charge in [0.15, 0.2) is 5.75 Å². The maximum Gasteiger partial charge on any atom is 0.221 e. The number of benzene rings is 1. The number of hydrogen-bond donors (Lipinski definition) is 1. The molecule has 0 fully saturated rings. The molecule has 2 rings (SSSR count). The molecule has 0 atom stereocenters. The van der Waals surface area contributed by atoms with Gasteiger partial charge >= 0.3 is 0 Å². The molecule has 2 aromatic rings. The molecule has 0 saturated carbocycles. The summed E-state index contributed by atoms with van der Waals surface area (Å²) in [6.07, 6.45) is 2.18. The van der Waals surface area contributed by atoms with E-state index in [1.807, 2.05) is 6.07 Å². The summed E-state index contributed by atoms with van der Waals surface area (Å²) in [5.41, 5.74) is 7.83. The van der Waals surface area contributed by atoms with Crippen molar-refractivity contribution in [3.8, 4) is 28.4 Å². The number of thiophene rings is 1. The summed E-state index contributed by atoms with van der Waals surface area (Å²) in [5, 5.41) is 10.1. The Bertz CT molecular complexity index is 821. The Kier molecular flexibility index (Phi) is 6.14. The first-order valence-corrected chi connectivity index (χ1v) is 8.21. The van der Waals surface area contributed by atoms with Crippen LogP contribution in [0.4, 0.5) is 5.69 Å². The maximum absolute atomic E-state index is 9.50. The Morgan fingerprint density at radius 2 is 1.84 bits per heavy atom. The minimum Gasteiger partial charge on any atom is -0.495 e. The third-order valence-electron chi connectivity index (χ3n) is 3.54. The van der Waals surface area contributed by atoms with E-state index in [0.29, 0.717) is 40.0 Å². The highest BCUT2D eigenvalue weighted by Crippen LogP contribution is 2.48. The van der Waals surface area contributed by atoms with Crippen LogP contribution in [0.3, 0.4) is 0 Å². The van der Waals surface area contributed by atoms with Crippen LogP contribution in [0.5, 0.6) is 22.3 Å². The molecule has 1 aromatic heterocycles. The van der Waals surface area contributed by atoms with Gasteiger partial charge < -0.3 is 24.7 Å². The van der Waals surface area contributed by atoms with Crippen LogP contribution >= 0.6 is 11.3 Å². The van der Waals surface area contributed by atoms with Crippen molar-refractivity contribution in [2.24, 2.45) is 0 Å². The number of methoxy groups -OCH3 is 4. The molecule has 2 N–H and O–H groups in total. The van der Waals surface area contributed by atoms with Crippen LogP contribution in [0.2, 0.25) is 0 Å². The summed E-state index contributed by atoms with van der Waals surface area (Å²) in [5.74, 6) is 1.72. The molecule has 25 heavy (non-hydrogen) atoms. The van der Waals surface area contributed by atoms with Gasteiger partial charge in [0.05, 0.1) is 45.1 Å². The third kappa shape index (κ3) is 3.98. The van der Waals surface area contributed by atoms with Crippen molar-refractivity contribution in [1.29, 1.82) is 5.26 Å². The first-order chi connectivity index (χ1) is 12.1. The van der Waals surface area contributed by atoms with Gasteiger partial charge in [-0.25, -0.2) is 0 Å². The summed E-state index contributed by atoms with van der Waals surface area (Å²) in [7, 11) is 6.25. The number of hydrogen-bond acceptors (Lipinski definition) is 7. The molecule has 0 aliphatic carbocycles. The van der Waals surface area contributed by atoms with Crippen LogP contribution in [0.25, 0.3) is 6.08 Å². The molecular formula is C18H20N2O4S. The number of ether oxygens (including phenoxy) is 4. The molecule has 1 heterocycles. The monoisotopic (exact) mass is 360 g/mol. The number of nitrogens with zero attached hydrogens (tertiary/aromatic N) is 1. The van der Waals surface area contributed by atoms with Gasteiger partial charge in [-0.05, 0) is 23.8 Å². The largest absolute Gasteiger partial charge is 0.495 e. The van der Waals surface area contributed by atoms with Gasteiger partial charge in [-0.1, -0.05) is 17.4 Å². The van der Waals surface area contributed by atoms with E-state index < -0.39 is 0 Å². The van der Waals surface area contributed by atoms with Crippen molar-refractivity contribution in [3.05, 3.63) is 34.2 Å². The quantitative estimate of drug-likeness (QED) is 0.600. The fourth-order valence-corrected chi connectivity index (χ4v) is 3.47. The van der Waals surface area contributed by atoms with Gasteiger partial charge in [0.2, 0.25) is 10.8 Å². The average molecular weight is 360 g/mol. The van der Waals surface area contributed by atoms with Gasteiger partial charge in [-0.2, -0.15) is 5.26 Å². The third-order valence-corrected chi connectivity index (χ3v) is 4.66. The van der Waals surface area contributed by atoms with Crippen LogP contribution < -0.4 is 24.7 Å². The van der Waals surface area contributed by atoms with Crippen molar-refractivity contribution in [3.63, 3.8) is 0 Å². The van der Waals surface area contributed by atoms with E-state index in [0.717, 1.165) is 10.4 Å². The lowest BCUT2D eigenvalue weighted by molar-refractivity contribution is 0.332. The maximum atomic E-state index is 9.50. The van der Waals surface area contributed by atoms with E-state index in [1.165, 1.54) is 11.3 Å². The fraction of sp³-hybridized carbons (Fsp3) is 0.278. The highest BCUT2D eigenvalue weighted by Gasteiger charge is 2.21. The molecular weight excluding hydrogens is 340 g/mol. The second-order valence-electron chi connectivity index (χ2n) is 5.04. The van der Waals surface area contributed by atoms with Gasteiger partial charge in [0, 0.05) is 12.0 Å². The summed E-state index contributed by atoms with van der Waals surface area (Å²) in [6, 6.07) is 7.61. The van der Waals surface area contributed by atoms with E-state index in [2.05, 4.69) is 6.07 Å². The highest BCUT2D eigenvalue weighted by molar-refractivity contribution is 7.14. The first kappa shape index (κ1) is 18.5. The topological polar surface area (TPSA) is 86.7 Å². The van der Waals surface area contributed by atoms with Crippen molar-refractivity contribution in [1.82, 2.24) is 0 Å². The molecule has 0 bridgehead atoms. The number of rotatable bonds is 7. The SMILES string of the molecule is COc1ccc(C=C(C#N)Cc2sc(OC)c(OC)c2OC)cc1N. The number of allylic oxidation sites excluding steroid dienone is 1. The van der Waals surface area contributed by atoms with Crippen molar-refractivity contribution in [2.45, 2.75) is 6.42 Å². The summed E-state index contributed by atoms with van der Waals surface area (Å²) in [6.45, 7) is 0. The number of nitriles is 1. The fourth-order valence-electron chi connectivity index (χ4n) is 2.40. The van der Waals surface area contributed by atoms with Crippen molar-refractivity contribution >= 4 is 23.1 Å². The van der Waals surface area contributed by atoms with Gasteiger partial charge in [0.25, 0.3) is 0 Å². The lowest BCUT2D eigenvalue weighted by Gasteiger charge is -2.06. The van der Waals surface area contributed by atoms with E-state index in [1.54, 1.807) is 46.6 Å². The molecule has 0 saturated heterocycles. The molecule has 0 aliphatic heterocycles. The minimum absolute atomic E-state index is 0.399. The normalized spacial score (nSPS) is 10.9. The van der Waals surface area contributed by atoms with Gasteiger partial charge in [-0.3, -0.25) is 0 Å². The zero-order valence-electron chi connectivity index (χ0n) is 14.6. The lowest BCUT2D eigenvalue weighted by atomic mass is 10.1. The van der Waals surface area contributed by atoms with E-state index in [4.69, 9.17) is 24.7 Å². The molecule has 1 aromatic carbocycles. The molecule has 0 radical (unpaired) electrons. The Balaban J connectivity index is 2.35. The highest BCUT2D eigenvalue weighted by atomic mass is 32.1. The van der Waals surface area contributed by atoms with Gasteiger partial charge in [0.1, 0.15) is 5.75 Å². The number of anilines is 1. The van der Waals surface area contributed by atoms with E-state index >= 15 is 0 Å². The standard InChI is InChI=1S/C18H20N2O4S/c1-21-14-6-5-11(8-13(14)20)7-12(10-19)9-15-16(22-2)17(23-3)18(24-4)25-15/h5-8H,9,20H2,1-4H3. The Labute approximate surface area is 151 Å². The van der Waals surface area contributed by atoms with Crippen molar-refractivity contribution < 1.29 is 18.9 Å². The van der Waals surface area contributed by atoms with Crippen LogP contribution in [0.15, 0.2) is 23.8 Å². The zero-order chi connectivity index (χ0) is 18.4. The van der Waals surface area contributed by atoms with Crippen molar-refractivity contribution in [2.75, 3.05) is 34.2 Å². The first-order valence-electron chi connectivity index (χ1n) is 7.39. The Morgan fingerprint density at radius 3 is 2.36 bits per heavy atom. The predicted molar refractivity (Wildman–Crippen MR) is 98.7 cm³/mol. The van der Waals surface area contributed by atoms with Gasteiger partial charge in [-0.15, -0.1) is 0 Å². The molecule has 6 nitrogen and oxygen atoms in total. The molecule has 0 spiro atoms. The molecule has 0 unspecified atom stereocenters. The molecule has 7 heteroatoms. The van der Waals surface area contributed by atoms with Crippen LogP contribution in [-0.2, 0) is 6.42 Å². The average Bonchev–Trinajstić information content (AvgIpc) is 2.97. The second kappa shape index (κ2) is 8.31. The number of nitrogens with two attached hydrogens (primary N) is 1. The number of nitrogen functional groups attached to an aromatic ring is 1. The predicted octanol–water partition coefficient (Wildman–Crippen LogP) is 3.51. The Morgan fingerprint density at radius 1 is 1.12 bits per heavy atom. The van der Waals surface area contributed by atoms with E-state index in [-0.39, 0.29) is 0 Å². The Hall–Kier alpha value is -2.85. The summed E-state index contributed by atoms with van der Waals surface area (Å²) < 4.78 is 21.2. The molecule has 0 aliphatic rings. The summed E-state index contributed by atoms with van der Waals surface area (Å²) in [4.78, 5) is 0.852. The van der Waals surface area contributed by atoms with Crippen LogP contribution in [0.1, 0.15) is 10.4 Å². The zero-order valence-corrected chi connectivity index (χ0v) is 15.4. The minimum atomic E-state index is 0.399. The summed E-state index contributed by atoms with van der Waals surface area (Å²) >= 11 is 1.39. The molecule has 0 amide bonds. The van der Waals surface area contributed by atoms with E-state index in [9.17, 15) is 5.26 Å².